The van der Waals surface area contributed by atoms with E-state index in [0.717, 1.165) is 134 Å². The molecule has 4 aromatic carbocycles. The summed E-state index contributed by atoms with van der Waals surface area (Å²) in [6, 6.07) is 33.0. The molecule has 12 nitrogen and oxygen atoms in total. The number of carbonyl (C=O) groups excluding carboxylic acids is 4. The van der Waals surface area contributed by atoms with E-state index in [4.69, 9.17) is 18.9 Å². The van der Waals surface area contributed by atoms with Crippen LogP contribution >= 0.6 is 0 Å². The van der Waals surface area contributed by atoms with Gasteiger partial charge in [-0.05, 0) is 156 Å². The minimum atomic E-state index is -0.0617. The molecule has 8 rings (SSSR count). The highest BCUT2D eigenvalue weighted by Crippen LogP contribution is 2.37. The number of nitrogens with zero attached hydrogens (tertiary/aromatic N) is 4. The summed E-state index contributed by atoms with van der Waals surface area (Å²) in [7, 11) is 6.29. The number of hydrogen-bond acceptors (Lipinski definition) is 8. The van der Waals surface area contributed by atoms with E-state index in [1.165, 1.54) is 97.2 Å². The van der Waals surface area contributed by atoms with Crippen molar-refractivity contribution in [3.8, 4) is 0 Å². The molecule has 0 bridgehead atoms. The molecular weight excluding hydrogens is 1070 g/mol. The van der Waals surface area contributed by atoms with Gasteiger partial charge in [-0.2, -0.15) is 0 Å². The molecule has 0 amide bonds. The number of benzene rings is 4. The maximum absolute atomic E-state index is 12.5. The highest BCUT2D eigenvalue weighted by molar-refractivity contribution is 5.81. The van der Waals surface area contributed by atoms with Gasteiger partial charge < -0.3 is 36.9 Å². The third kappa shape index (κ3) is 20.9. The third-order valence-corrected chi connectivity index (χ3v) is 19.5. The summed E-state index contributed by atoms with van der Waals surface area (Å²) >= 11 is 0. The van der Waals surface area contributed by atoms with Crippen LogP contribution in [0.3, 0.4) is 0 Å². The lowest BCUT2D eigenvalue weighted by molar-refractivity contribution is -0.927. The Kier molecular flexibility index (Phi) is 30.0. The zero-order valence-corrected chi connectivity index (χ0v) is 55.8. The highest BCUT2D eigenvalue weighted by Gasteiger charge is 2.35. The molecule has 0 N–H and O–H groups in total. The van der Waals surface area contributed by atoms with Gasteiger partial charge in [0.2, 0.25) is 0 Å². The van der Waals surface area contributed by atoms with Crippen LogP contribution in [0.25, 0.3) is 0 Å². The van der Waals surface area contributed by atoms with E-state index < -0.39 is 0 Å². The van der Waals surface area contributed by atoms with E-state index in [1.807, 2.05) is 42.5 Å². The molecule has 0 radical (unpaired) electrons. The van der Waals surface area contributed by atoms with Crippen molar-refractivity contribution in [2.75, 3.05) is 133 Å². The number of unbranched alkanes of at least 4 members (excludes halogenated alkanes) is 1. The molecule has 0 heterocycles. The van der Waals surface area contributed by atoms with Crippen molar-refractivity contribution in [2.45, 2.75) is 169 Å². The molecule has 5 unspecified atom stereocenters. The molecule has 12 heteroatoms. The largest absolute Gasteiger partial charge is 0.459 e. The molecule has 4 aromatic rings. The Balaban J connectivity index is 0.000000210. The van der Waals surface area contributed by atoms with Crippen LogP contribution in [0.15, 0.2) is 97.1 Å². The first-order valence-corrected chi connectivity index (χ1v) is 33.8. The van der Waals surface area contributed by atoms with E-state index >= 15 is 0 Å². The van der Waals surface area contributed by atoms with Crippen molar-refractivity contribution in [1.29, 1.82) is 0 Å². The highest BCUT2D eigenvalue weighted by atomic mass is 16.5. The SMILES string of the molecule is CCCC[N+](CC)(CCC)CCOC(=O)C1CCc2ccccc21.CCC[N+](CC)(CCC)CCOC(=O)C1CCc2ccccc21.CC[N+](CC)(CC)CCOC(=O)C1CCc2ccccc21.C[N+](C)(C)CCOC(=O)C1CCc2ccccc21. The predicted molar refractivity (Wildman–Crippen MR) is 350 cm³/mol. The molecule has 0 aliphatic heterocycles. The number of quaternary nitrogens is 4. The number of carbonyl (C=O) groups is 4. The van der Waals surface area contributed by atoms with Gasteiger partial charge in [0.15, 0.2) is 0 Å². The molecule has 476 valence electrons. The average Bonchev–Trinajstić information content (AvgIpc) is 2.45. The van der Waals surface area contributed by atoms with Gasteiger partial charge in [0.05, 0.1) is 104 Å². The molecule has 86 heavy (non-hydrogen) atoms. The van der Waals surface area contributed by atoms with E-state index in [1.54, 1.807) is 0 Å². The molecule has 0 aromatic heterocycles. The smallest absolute Gasteiger partial charge is 0.313 e. The van der Waals surface area contributed by atoms with Crippen LogP contribution in [0.2, 0.25) is 0 Å². The van der Waals surface area contributed by atoms with Crippen LogP contribution in [0, 0.1) is 0 Å². The number of aryl methyl sites for hydroxylation is 4. The predicted octanol–water partition coefficient (Wildman–Crippen LogP) is 13.3. The van der Waals surface area contributed by atoms with Crippen molar-refractivity contribution in [1.82, 2.24) is 0 Å². The number of fused-ring (bicyclic) bond motifs is 4. The minimum Gasteiger partial charge on any atom is -0.459 e. The second-order valence-electron chi connectivity index (χ2n) is 25.9. The maximum atomic E-state index is 12.5. The molecule has 0 fully saturated rings. The fourth-order valence-electron chi connectivity index (χ4n) is 13.7. The van der Waals surface area contributed by atoms with Crippen LogP contribution in [-0.2, 0) is 63.8 Å². The van der Waals surface area contributed by atoms with Gasteiger partial charge in [0.25, 0.3) is 0 Å². The zero-order valence-electron chi connectivity index (χ0n) is 55.8. The number of likely N-dealkylation sites (N-methyl/N-ethyl adjacent to an activating group) is 4. The maximum Gasteiger partial charge on any atom is 0.313 e. The van der Waals surface area contributed by atoms with Gasteiger partial charge in [-0.3, -0.25) is 19.2 Å². The third-order valence-electron chi connectivity index (χ3n) is 19.5. The second-order valence-corrected chi connectivity index (χ2v) is 25.9. The first-order chi connectivity index (χ1) is 41.4. The van der Waals surface area contributed by atoms with Crippen molar-refractivity contribution in [2.24, 2.45) is 0 Å². The summed E-state index contributed by atoms with van der Waals surface area (Å²) in [5, 5.41) is 0. The van der Waals surface area contributed by atoms with Crippen molar-refractivity contribution < 1.29 is 56.1 Å². The minimum absolute atomic E-state index is 0.0267. The molecule has 4 aliphatic rings. The standard InChI is InChI=1S/C21H34NO2.C20H32NO2.C18H28NO2.C15H22NO2/c1-4-7-15-22(6-3,14-5-2)16-17-24-21(23)20-13-12-18-10-8-9-11-19(18)20;1-4-13-21(6-3,14-5-2)15-16-23-20(22)19-12-11-17-9-7-8-10-18(17)19;1-4-19(5-2,6-3)13-14-21-18(20)17-12-11-15-9-7-8-10-16(15)17;1-16(2,3)10-11-18-15(17)14-9-8-12-6-4-5-7-13(12)14/h8-11,20H,4-7,12-17H2,1-3H3;7-10,19H,4-6,11-16H2,1-3H3;7-10,17H,4-6,11-14H2,1-3H3;4-7,14H,8-11H2,1-3H3/q4*+1. The van der Waals surface area contributed by atoms with E-state index in [2.05, 4.69) is 138 Å². The summed E-state index contributed by atoms with van der Waals surface area (Å²) < 4.78 is 26.4. The van der Waals surface area contributed by atoms with Gasteiger partial charge in [0, 0.05) is 0 Å². The van der Waals surface area contributed by atoms with Crippen molar-refractivity contribution in [3.05, 3.63) is 142 Å². The van der Waals surface area contributed by atoms with E-state index in [-0.39, 0.29) is 47.5 Å². The Morgan fingerprint density at radius 3 is 0.849 bits per heavy atom. The summed E-state index contributed by atoms with van der Waals surface area (Å²) in [5.74, 6) is -0.353. The molecule has 5 atom stereocenters. The Morgan fingerprint density at radius 2 is 0.593 bits per heavy atom. The lowest BCUT2D eigenvalue weighted by Crippen LogP contribution is -2.51. The van der Waals surface area contributed by atoms with Crippen LogP contribution < -0.4 is 0 Å². The summed E-state index contributed by atoms with van der Waals surface area (Å²) in [4.78, 5) is 49.4. The summed E-state index contributed by atoms with van der Waals surface area (Å²) in [6.45, 7) is 36.2. The van der Waals surface area contributed by atoms with Crippen LogP contribution in [-0.4, -0.2) is 174 Å². The number of ether oxygens (including phenoxy) is 4. The molecular formula is C74H116N4O8+4. The Bertz CT molecular complexity index is 2660. The monoisotopic (exact) mass is 1190 g/mol. The van der Waals surface area contributed by atoms with Gasteiger partial charge >= 0.3 is 23.9 Å². The summed E-state index contributed by atoms with van der Waals surface area (Å²) in [5.41, 5.74) is 9.91. The van der Waals surface area contributed by atoms with Crippen LogP contribution in [0.1, 0.15) is 188 Å². The van der Waals surface area contributed by atoms with Crippen LogP contribution in [0.5, 0.6) is 0 Å². The first kappa shape index (κ1) is 71.4. The fraction of sp³-hybridized carbons (Fsp3) is 0.622. The van der Waals surface area contributed by atoms with Gasteiger partial charge in [-0.1, -0.05) is 131 Å². The summed E-state index contributed by atoms with van der Waals surface area (Å²) in [6.07, 6.45) is 13.6. The second kappa shape index (κ2) is 36.2. The topological polar surface area (TPSA) is 105 Å². The Labute approximate surface area is 521 Å². The average molecular weight is 1190 g/mol. The fourth-order valence-corrected chi connectivity index (χ4v) is 13.7. The lowest BCUT2D eigenvalue weighted by atomic mass is 10.0. The molecule has 4 aliphatic carbocycles. The first-order valence-electron chi connectivity index (χ1n) is 33.8. The van der Waals surface area contributed by atoms with Crippen molar-refractivity contribution in [3.63, 3.8) is 0 Å². The van der Waals surface area contributed by atoms with Crippen molar-refractivity contribution >= 4 is 23.9 Å². The molecule has 0 spiro atoms. The number of rotatable bonds is 30. The Morgan fingerprint density at radius 1 is 0.337 bits per heavy atom. The number of esters is 4. The van der Waals surface area contributed by atoms with E-state index in [0.29, 0.717) is 26.4 Å². The van der Waals surface area contributed by atoms with E-state index in [9.17, 15) is 19.2 Å². The molecule has 0 saturated heterocycles. The zero-order chi connectivity index (χ0) is 62.6. The van der Waals surface area contributed by atoms with Crippen LogP contribution in [0.4, 0.5) is 0 Å². The van der Waals surface area contributed by atoms with Gasteiger partial charge in [-0.25, -0.2) is 0 Å². The normalized spacial score (nSPS) is 18.0. The quantitative estimate of drug-likeness (QED) is 0.0289. The van der Waals surface area contributed by atoms with Gasteiger partial charge in [0.1, 0.15) is 52.6 Å². The number of hydrogen-bond donors (Lipinski definition) is 0. The molecule has 0 saturated carbocycles. The Hall–Kier alpha value is -5.40. The lowest BCUT2D eigenvalue weighted by Gasteiger charge is -2.37. The van der Waals surface area contributed by atoms with Gasteiger partial charge in [-0.15, -0.1) is 0 Å².